The molecule has 8 bridgehead atoms. The number of aliphatic carboxylic acids is 8. The van der Waals surface area contributed by atoms with Crippen LogP contribution in [0.5, 0.6) is 0 Å². The molecule has 5 atom stereocenters. The van der Waals surface area contributed by atoms with E-state index in [1.165, 1.54) is 0 Å². The summed E-state index contributed by atoms with van der Waals surface area (Å²) in [7, 11) is -41.9. The molecule has 44 nitrogen and oxygen atoms in total. The Morgan fingerprint density at radius 3 is 0.602 bits per heavy atom. The van der Waals surface area contributed by atoms with Crippen molar-refractivity contribution in [2.45, 2.75) is 202 Å². The molecule has 0 aromatic rings. The van der Waals surface area contributed by atoms with Crippen LogP contribution < -0.4 is 42.5 Å². The zero-order chi connectivity index (χ0) is 79.7. The Kier molecular flexibility index (Phi) is 37.2. The molecule has 0 radical (unpaired) electrons. The quantitative estimate of drug-likeness (QED) is 0.0192. The van der Waals surface area contributed by atoms with Crippen molar-refractivity contribution in [3.05, 3.63) is 0 Å². The van der Waals surface area contributed by atoms with Gasteiger partial charge in [0.05, 0.1) is 51.4 Å². The number of rotatable bonds is 56. The number of carbonyl (C=O) groups is 16. The molecule has 0 aromatic heterocycles. The number of carboxylic acids is 8. The van der Waals surface area contributed by atoms with Crippen molar-refractivity contribution in [3.8, 4) is 0 Å². The molecular weight excluding hydrogens is 1590 g/mol. The summed E-state index contributed by atoms with van der Waals surface area (Å²) in [6, 6.07) is -3.26. The molecule has 0 aliphatic carbocycles. The summed E-state index contributed by atoms with van der Waals surface area (Å²) in [5.74, 6) is -16.1. The lowest BCUT2D eigenvalue weighted by molar-refractivity contribution is -0.451. The van der Waals surface area contributed by atoms with Crippen molar-refractivity contribution >= 4 is 163 Å². The van der Waals surface area contributed by atoms with E-state index in [1.54, 1.807) is 0 Å². The molecule has 608 valence electrons. The van der Waals surface area contributed by atoms with Crippen LogP contribution >= 0.6 is 0 Å². The van der Waals surface area contributed by atoms with Gasteiger partial charge in [-0.05, 0) is 69.5 Å². The Morgan fingerprint density at radius 1 is 0.204 bits per heavy atom. The zero-order valence-electron chi connectivity index (χ0n) is 59.3. The molecule has 0 saturated carbocycles. The highest BCUT2D eigenvalue weighted by Crippen LogP contribution is 2.59. The average Bonchev–Trinajstić information content (AvgIpc) is 1.46. The molecule has 5 rings (SSSR count). The number of hydrogen-bond acceptors (Lipinski definition) is 28. The van der Waals surface area contributed by atoms with Crippen molar-refractivity contribution in [2.75, 3.05) is 52.4 Å². The van der Waals surface area contributed by atoms with Crippen molar-refractivity contribution < 1.29 is 169 Å². The van der Waals surface area contributed by atoms with Crippen molar-refractivity contribution in [1.82, 2.24) is 42.5 Å². The Hall–Kier alpha value is -7.22. The van der Waals surface area contributed by atoms with Gasteiger partial charge < -0.3 is 120 Å². The largest absolute Gasteiger partial charge is 0.518 e. The van der Waals surface area contributed by atoms with E-state index in [0.29, 0.717) is 0 Å². The molecular formula is C56H96N8O36Si8. The summed E-state index contributed by atoms with van der Waals surface area (Å²) in [5.41, 5.74) is 0. The number of carboxylic acid groups (broad SMARTS) is 8. The molecule has 0 spiro atoms. The molecule has 52 heteroatoms. The third-order valence-corrected chi connectivity index (χ3v) is 73.5. The molecule has 5 saturated heterocycles. The van der Waals surface area contributed by atoms with E-state index < -0.39 is 302 Å². The summed E-state index contributed by atoms with van der Waals surface area (Å²) < 4.78 is 84.1. The first-order chi connectivity index (χ1) is 51.1. The Balaban J connectivity index is 2.00. The normalized spacial score (nSPS) is 25.0. The fourth-order valence-electron chi connectivity index (χ4n) is 12.0. The van der Waals surface area contributed by atoms with E-state index >= 15 is 0 Å². The number of carbonyl (C=O) groups excluding carboxylic acids is 8. The minimum atomic E-state index is -5.32. The maximum Gasteiger partial charge on any atom is 0.518 e. The van der Waals surface area contributed by atoms with E-state index in [1.807, 2.05) is 0 Å². The van der Waals surface area contributed by atoms with Gasteiger partial charge in [-0.3, -0.25) is 76.7 Å². The summed E-state index contributed by atoms with van der Waals surface area (Å²) in [6.45, 7) is -2.22. The highest BCUT2D eigenvalue weighted by atomic mass is 29.7. The minimum Gasteiger partial charge on any atom is -0.481 e. The maximum atomic E-state index is 13.6. The van der Waals surface area contributed by atoms with Crippen LogP contribution in [0.2, 0.25) is 48.4 Å². The predicted molar refractivity (Wildman–Crippen MR) is 373 cm³/mol. The van der Waals surface area contributed by atoms with Crippen LogP contribution in [0.4, 0.5) is 0 Å². The fourth-order valence-corrected chi connectivity index (χ4v) is 95.0. The van der Waals surface area contributed by atoms with Gasteiger partial charge in [0, 0.05) is 134 Å². The lowest BCUT2D eigenvalue weighted by Crippen LogP contribution is -2.91. The van der Waals surface area contributed by atoms with Crippen LogP contribution in [0.3, 0.4) is 0 Å². The number of nitrogens with one attached hydrogen (secondary N) is 8. The number of fused-ring (bicyclic) bond motifs is 5. The van der Waals surface area contributed by atoms with E-state index in [4.69, 9.17) is 51.2 Å². The summed E-state index contributed by atoms with van der Waals surface area (Å²) >= 11 is 0. The minimum absolute atomic E-state index is 0.186. The zero-order valence-corrected chi connectivity index (χ0v) is 67.3. The first-order valence-corrected chi connectivity index (χ1v) is 53.1. The lowest BCUT2D eigenvalue weighted by atomic mass is 10.3. The monoisotopic (exact) mass is 1680 g/mol. The maximum absolute atomic E-state index is 13.6. The Labute approximate surface area is 625 Å². The van der Waals surface area contributed by atoms with Gasteiger partial charge in [-0.15, -0.1) is 0 Å². The second-order valence-corrected chi connectivity index (χ2v) is 59.8. The van der Waals surface area contributed by atoms with E-state index in [0.717, 1.165) is 0 Å². The number of amides is 8. The van der Waals surface area contributed by atoms with Gasteiger partial charge in [-0.25, -0.2) is 0 Å². The van der Waals surface area contributed by atoms with Crippen molar-refractivity contribution in [2.24, 2.45) is 0 Å². The molecule has 5 aliphatic rings. The van der Waals surface area contributed by atoms with Crippen LogP contribution in [0.25, 0.3) is 0 Å². The second kappa shape index (κ2) is 44.0. The van der Waals surface area contributed by atoms with Crippen molar-refractivity contribution in [3.63, 3.8) is 0 Å². The third kappa shape index (κ3) is 30.2. The standard InChI is InChI=1S/C56H96N8O36Si8/c65-41(9-17-49(73)74)57-25-1-33-101-90-89-91-102(34-2-26-58-42(66)10-18-50(75)76)93-104(36-4-28-60-44(68)12-20-52(79)80)95-105(37-5-29-61-45(69)13-21-53(81)82)94-103(92-101,35-3-27-59-43(67)11-19-51(77)78)98-107(99-104,39-7-31-63-47(71)15-23-55(85)86)108(100-105,40-8-32-64-48(72)16-24-56(87)88)106(96-101,97-102)38-6-30-62-46(70)14-22-54(83)84/h1-40H2,(H,57,65)(H,58,66)(H,59,67)(H,60,68)(H,61,69)(H,62,70)(H,63,71)(H,64,72)(H,73,74)(H,75,76)(H,77,78)(H,79,80)(H,81,82)(H,83,84)(H,85,86)(H,87,88). The van der Waals surface area contributed by atoms with Crippen LogP contribution in [-0.4, -0.2) is 256 Å². The van der Waals surface area contributed by atoms with Crippen molar-refractivity contribution in [1.29, 1.82) is 0 Å². The Bertz CT molecular complexity index is 3120. The van der Waals surface area contributed by atoms with Crippen LogP contribution in [-0.2, 0) is 128 Å². The lowest BCUT2D eigenvalue weighted by Gasteiger charge is -2.60. The van der Waals surface area contributed by atoms with Crippen LogP contribution in [0.1, 0.15) is 154 Å². The molecule has 5 heterocycles. The fraction of sp³-hybridized carbons (Fsp3) is 0.714. The second-order valence-electron chi connectivity index (χ2n) is 25.7. The van der Waals surface area contributed by atoms with Gasteiger partial charge in [-0.1, -0.05) is 5.04 Å². The predicted octanol–water partition coefficient (Wildman–Crippen LogP) is -1.27. The third-order valence-electron chi connectivity index (χ3n) is 16.9. The van der Waals surface area contributed by atoms with Gasteiger partial charge in [0.2, 0.25) is 47.3 Å². The molecule has 5 aliphatic heterocycles. The van der Waals surface area contributed by atoms with E-state index in [-0.39, 0.29) is 116 Å². The molecule has 16 N–H and O–H groups in total. The molecule has 0 aromatic carbocycles. The highest BCUT2D eigenvalue weighted by molar-refractivity contribution is 7.65. The molecule has 5 fully saturated rings. The SMILES string of the molecule is O=C(O)CCC(=O)NCCC[Si]12OOO[Si]3(CCCNC(=O)CCC(=O)O)O[Si]4(CCCNC(=O)CCC(=O)O)O[Si]5(CCCNC(=O)CCC(=O)O)O[Si](CCCNC(=O)CCC(=O)O)(O1)O[Si](CCCNC(=O)CCC(=O)O)(O4)[Si](CCCNC(=O)CCC(=O)O)(O5)[Si](CCCNC(=O)CCC(=O)O)(O2)O3. The van der Waals surface area contributed by atoms with Crippen LogP contribution in [0.15, 0.2) is 0 Å². The van der Waals surface area contributed by atoms with E-state index in [2.05, 4.69) is 42.5 Å². The highest BCUT2D eigenvalue weighted by Gasteiger charge is 2.91. The average molecular weight is 1680 g/mol. The smallest absolute Gasteiger partial charge is 0.481 e. The summed E-state index contributed by atoms with van der Waals surface area (Å²) in [5, 5.41) is 103. The number of hydrogen-bond donors (Lipinski definition) is 16. The first kappa shape index (κ1) is 91.4. The first-order valence-electron chi connectivity index (χ1n) is 35.3. The van der Waals surface area contributed by atoms with Gasteiger partial charge in [0.25, 0.3) is 7.35 Å². The topological polar surface area (TPSA) is 642 Å². The molecule has 108 heavy (non-hydrogen) atoms. The van der Waals surface area contributed by atoms with Crippen LogP contribution in [0, 0.1) is 0 Å². The van der Waals surface area contributed by atoms with Gasteiger partial charge in [0.1, 0.15) is 0 Å². The molecule has 8 amide bonds. The summed E-state index contributed by atoms with van der Waals surface area (Å²) in [6.07, 6.45) is -10.0. The Morgan fingerprint density at radius 2 is 0.380 bits per heavy atom. The van der Waals surface area contributed by atoms with Gasteiger partial charge >= 0.3 is 108 Å². The summed E-state index contributed by atoms with van der Waals surface area (Å²) in [4.78, 5) is 200. The van der Waals surface area contributed by atoms with Gasteiger partial charge in [-0.2, -0.15) is 9.15 Å². The van der Waals surface area contributed by atoms with Gasteiger partial charge in [0.15, 0.2) is 0 Å². The molecule has 5 unspecified atom stereocenters. The van der Waals surface area contributed by atoms with E-state index in [9.17, 15) is 118 Å².